The third kappa shape index (κ3) is 4.30. The molecule has 0 radical (unpaired) electrons. The van der Waals surface area contributed by atoms with Crippen molar-refractivity contribution in [1.82, 2.24) is 4.90 Å². The van der Waals surface area contributed by atoms with Crippen molar-refractivity contribution in [2.75, 3.05) is 25.0 Å². The molecular weight excluding hydrogens is 320 g/mol. The molecule has 0 aromatic heterocycles. The minimum Gasteiger partial charge on any atom is -0.373 e. The highest BCUT2D eigenvalue weighted by Crippen LogP contribution is 2.20. The van der Waals surface area contributed by atoms with Crippen molar-refractivity contribution in [1.29, 1.82) is 0 Å². The second-order valence-electron chi connectivity index (χ2n) is 5.46. The molecule has 1 amide bonds. The van der Waals surface area contributed by atoms with Crippen molar-refractivity contribution >= 4 is 27.5 Å². The van der Waals surface area contributed by atoms with E-state index in [0.717, 1.165) is 28.8 Å². The van der Waals surface area contributed by atoms with Crippen LogP contribution in [-0.4, -0.2) is 42.6 Å². The Morgan fingerprint density at radius 1 is 1.40 bits per heavy atom. The van der Waals surface area contributed by atoms with Gasteiger partial charge in [0.15, 0.2) is 0 Å². The summed E-state index contributed by atoms with van der Waals surface area (Å²) in [6, 6.07) is 5.82. The van der Waals surface area contributed by atoms with E-state index in [4.69, 9.17) is 4.74 Å². The minimum absolute atomic E-state index is 0.0213. The predicted octanol–water partition coefficient (Wildman–Crippen LogP) is 2.81. The molecule has 1 aromatic rings. The number of nitrogens with zero attached hydrogens (tertiary/aromatic N) is 1. The maximum Gasteiger partial charge on any atom is 0.238 e. The van der Waals surface area contributed by atoms with E-state index in [0.29, 0.717) is 6.54 Å². The molecule has 0 aliphatic carbocycles. The number of ether oxygens (including phenoxy) is 1. The fourth-order valence-electron chi connectivity index (χ4n) is 2.54. The van der Waals surface area contributed by atoms with E-state index in [1.54, 1.807) is 0 Å². The van der Waals surface area contributed by atoms with Gasteiger partial charge in [0.05, 0.1) is 18.8 Å². The number of morpholine rings is 1. The van der Waals surface area contributed by atoms with Gasteiger partial charge < -0.3 is 10.1 Å². The molecule has 0 unspecified atom stereocenters. The maximum absolute atomic E-state index is 12.1. The van der Waals surface area contributed by atoms with Crippen LogP contribution >= 0.6 is 15.9 Å². The Balaban J connectivity index is 1.90. The van der Waals surface area contributed by atoms with Crippen LogP contribution in [0.25, 0.3) is 0 Å². The first-order valence-electron chi connectivity index (χ1n) is 6.88. The van der Waals surface area contributed by atoms with Crippen molar-refractivity contribution in [2.45, 2.75) is 33.0 Å². The van der Waals surface area contributed by atoms with Crippen LogP contribution in [0, 0.1) is 6.92 Å². The van der Waals surface area contributed by atoms with E-state index in [9.17, 15) is 4.79 Å². The van der Waals surface area contributed by atoms with Crippen LogP contribution in [0.4, 0.5) is 5.69 Å². The highest BCUT2D eigenvalue weighted by Gasteiger charge is 2.23. The maximum atomic E-state index is 12.1. The summed E-state index contributed by atoms with van der Waals surface area (Å²) in [7, 11) is 0. The topological polar surface area (TPSA) is 41.6 Å². The molecule has 0 bridgehead atoms. The van der Waals surface area contributed by atoms with Gasteiger partial charge in [0, 0.05) is 23.2 Å². The summed E-state index contributed by atoms with van der Waals surface area (Å²) < 4.78 is 6.71. The van der Waals surface area contributed by atoms with Crippen molar-refractivity contribution < 1.29 is 9.53 Å². The first-order chi connectivity index (χ1) is 9.44. The smallest absolute Gasteiger partial charge is 0.238 e. The lowest BCUT2D eigenvalue weighted by Crippen LogP contribution is -2.48. The summed E-state index contributed by atoms with van der Waals surface area (Å²) in [4.78, 5) is 14.2. The van der Waals surface area contributed by atoms with Crippen molar-refractivity contribution in [3.8, 4) is 0 Å². The average Bonchev–Trinajstić information content (AvgIpc) is 2.32. The number of anilines is 1. The average molecular weight is 341 g/mol. The Morgan fingerprint density at radius 2 is 2.05 bits per heavy atom. The van der Waals surface area contributed by atoms with Gasteiger partial charge in [-0.05, 0) is 44.5 Å². The molecule has 0 spiro atoms. The first-order valence-corrected chi connectivity index (χ1v) is 7.67. The summed E-state index contributed by atoms with van der Waals surface area (Å²) in [5, 5.41) is 2.94. The molecule has 1 fully saturated rings. The molecule has 0 saturated carbocycles. The number of nitrogens with one attached hydrogen (secondary N) is 1. The molecule has 2 rings (SSSR count). The zero-order valence-electron chi connectivity index (χ0n) is 12.1. The van der Waals surface area contributed by atoms with E-state index >= 15 is 0 Å². The molecule has 110 valence electrons. The van der Waals surface area contributed by atoms with Gasteiger partial charge in [-0.15, -0.1) is 0 Å². The van der Waals surface area contributed by atoms with Gasteiger partial charge in [-0.2, -0.15) is 0 Å². The van der Waals surface area contributed by atoms with Crippen molar-refractivity contribution in [3.05, 3.63) is 28.2 Å². The molecule has 1 aromatic carbocycles. The number of halogens is 1. The Hall–Kier alpha value is -0.910. The number of hydrogen-bond acceptors (Lipinski definition) is 3. The Morgan fingerprint density at radius 3 is 2.65 bits per heavy atom. The van der Waals surface area contributed by atoms with Crippen LogP contribution in [0.1, 0.15) is 19.4 Å². The summed E-state index contributed by atoms with van der Waals surface area (Å²) in [6.07, 6.45) is 0.364. The Bertz CT molecular complexity index is 483. The fraction of sp³-hybridized carbons (Fsp3) is 0.533. The summed E-state index contributed by atoms with van der Waals surface area (Å²) >= 11 is 3.45. The lowest BCUT2D eigenvalue weighted by molar-refractivity contribution is -0.121. The number of amides is 1. The molecular formula is C15H21BrN2O2. The highest BCUT2D eigenvalue weighted by molar-refractivity contribution is 9.10. The van der Waals surface area contributed by atoms with Crippen LogP contribution in [-0.2, 0) is 9.53 Å². The quantitative estimate of drug-likeness (QED) is 0.919. The second kappa shape index (κ2) is 6.70. The first kappa shape index (κ1) is 15.5. The zero-order chi connectivity index (χ0) is 14.7. The van der Waals surface area contributed by atoms with Crippen molar-refractivity contribution in [3.63, 3.8) is 0 Å². The van der Waals surface area contributed by atoms with E-state index < -0.39 is 0 Å². The number of hydrogen-bond donors (Lipinski definition) is 1. The molecule has 5 heteroatoms. The van der Waals surface area contributed by atoms with E-state index in [-0.39, 0.29) is 18.1 Å². The summed E-state index contributed by atoms with van der Waals surface area (Å²) in [5.41, 5.74) is 1.95. The third-order valence-corrected chi connectivity index (χ3v) is 4.19. The fourth-order valence-corrected chi connectivity index (χ4v) is 2.79. The Kier molecular flexibility index (Phi) is 5.18. The van der Waals surface area contributed by atoms with Crippen LogP contribution < -0.4 is 5.32 Å². The molecule has 2 atom stereocenters. The van der Waals surface area contributed by atoms with Gasteiger partial charge in [-0.25, -0.2) is 0 Å². The van der Waals surface area contributed by atoms with Crippen LogP contribution in [0.2, 0.25) is 0 Å². The standard InChI is InChI=1S/C15H21BrN2O2/c1-10-6-13(4-5-14(10)16)17-15(19)9-18-7-11(2)20-12(3)8-18/h4-6,11-12H,7-9H2,1-3H3,(H,17,19)/t11-,12+. The zero-order valence-corrected chi connectivity index (χ0v) is 13.7. The molecule has 1 saturated heterocycles. The molecule has 4 nitrogen and oxygen atoms in total. The number of rotatable bonds is 3. The largest absolute Gasteiger partial charge is 0.373 e. The highest BCUT2D eigenvalue weighted by atomic mass is 79.9. The van der Waals surface area contributed by atoms with Gasteiger partial charge in [0.1, 0.15) is 0 Å². The summed E-state index contributed by atoms with van der Waals surface area (Å²) in [6.45, 7) is 8.10. The van der Waals surface area contributed by atoms with E-state index in [1.807, 2.05) is 39.0 Å². The molecule has 20 heavy (non-hydrogen) atoms. The van der Waals surface area contributed by atoms with Gasteiger partial charge >= 0.3 is 0 Å². The van der Waals surface area contributed by atoms with Gasteiger partial charge in [-0.3, -0.25) is 9.69 Å². The Labute approximate surface area is 128 Å². The number of aryl methyl sites for hydroxylation is 1. The minimum atomic E-state index is 0.0213. The molecule has 1 heterocycles. The number of carbonyl (C=O) groups is 1. The SMILES string of the molecule is Cc1cc(NC(=O)CN2C[C@@H](C)O[C@@H](C)C2)ccc1Br. The normalized spacial score (nSPS) is 23.6. The van der Waals surface area contributed by atoms with Gasteiger partial charge in [-0.1, -0.05) is 15.9 Å². The van der Waals surface area contributed by atoms with Crippen LogP contribution in [0.3, 0.4) is 0 Å². The van der Waals surface area contributed by atoms with E-state index in [1.165, 1.54) is 0 Å². The molecule has 1 N–H and O–H groups in total. The third-order valence-electron chi connectivity index (χ3n) is 3.30. The van der Waals surface area contributed by atoms with E-state index in [2.05, 4.69) is 26.1 Å². The molecule has 1 aliphatic rings. The number of benzene rings is 1. The second-order valence-corrected chi connectivity index (χ2v) is 6.32. The summed E-state index contributed by atoms with van der Waals surface area (Å²) in [5.74, 6) is 0.0213. The van der Waals surface area contributed by atoms with Gasteiger partial charge in [0.25, 0.3) is 0 Å². The van der Waals surface area contributed by atoms with Crippen LogP contribution in [0.15, 0.2) is 22.7 Å². The number of carbonyl (C=O) groups excluding carboxylic acids is 1. The predicted molar refractivity (Wildman–Crippen MR) is 84.0 cm³/mol. The van der Waals surface area contributed by atoms with Crippen LogP contribution in [0.5, 0.6) is 0 Å². The molecule has 1 aliphatic heterocycles. The van der Waals surface area contributed by atoms with Gasteiger partial charge in [0.2, 0.25) is 5.91 Å². The lowest BCUT2D eigenvalue weighted by atomic mass is 10.2. The van der Waals surface area contributed by atoms with Crippen molar-refractivity contribution in [2.24, 2.45) is 0 Å². The monoisotopic (exact) mass is 340 g/mol. The lowest BCUT2D eigenvalue weighted by Gasteiger charge is -2.34.